The number of hydrogen-bond acceptors (Lipinski definition) is 3. The Morgan fingerprint density at radius 2 is 2.33 bits per heavy atom. The summed E-state index contributed by atoms with van der Waals surface area (Å²) in [5.41, 5.74) is 0.0326. The van der Waals surface area contributed by atoms with E-state index in [0.29, 0.717) is 19.8 Å². The highest BCUT2D eigenvalue weighted by molar-refractivity contribution is 6.32. The van der Waals surface area contributed by atoms with Gasteiger partial charge < -0.3 is 10.1 Å². The summed E-state index contributed by atoms with van der Waals surface area (Å²) >= 11 is 5.70. The smallest absolute Gasteiger partial charge is 0.254 e. The van der Waals surface area contributed by atoms with E-state index in [1.807, 2.05) is 0 Å². The lowest BCUT2D eigenvalue weighted by molar-refractivity contribution is 0.0912. The molecule has 0 saturated carbocycles. The van der Waals surface area contributed by atoms with E-state index in [4.69, 9.17) is 16.3 Å². The molecule has 100 valence electrons. The Hall–Kier alpha value is -1.20. The number of halogens is 2. The molecule has 18 heavy (non-hydrogen) atoms. The Balaban J connectivity index is 2.34. The first-order valence-electron chi connectivity index (χ1n) is 5.82. The molecule has 1 aromatic rings. The average Bonchev–Trinajstić information content (AvgIpc) is 2.36. The van der Waals surface area contributed by atoms with Crippen molar-refractivity contribution in [2.24, 2.45) is 0 Å². The highest BCUT2D eigenvalue weighted by atomic mass is 35.5. The van der Waals surface area contributed by atoms with Crippen molar-refractivity contribution in [3.63, 3.8) is 0 Å². The topological polar surface area (TPSA) is 51.2 Å². The van der Waals surface area contributed by atoms with Crippen LogP contribution in [0, 0.1) is 5.82 Å². The molecule has 4 nitrogen and oxygen atoms in total. The Kier molecular flexibility index (Phi) is 6.60. The van der Waals surface area contributed by atoms with Gasteiger partial charge in [0.25, 0.3) is 5.91 Å². The Labute approximate surface area is 110 Å². The third kappa shape index (κ3) is 4.98. The van der Waals surface area contributed by atoms with E-state index in [1.165, 1.54) is 0 Å². The van der Waals surface area contributed by atoms with Crippen molar-refractivity contribution >= 4 is 17.5 Å². The van der Waals surface area contributed by atoms with Gasteiger partial charge in [-0.3, -0.25) is 4.79 Å². The third-order valence-electron chi connectivity index (χ3n) is 2.22. The van der Waals surface area contributed by atoms with Crippen LogP contribution in [0.15, 0.2) is 12.3 Å². The van der Waals surface area contributed by atoms with E-state index < -0.39 is 11.7 Å². The van der Waals surface area contributed by atoms with Gasteiger partial charge in [-0.15, -0.1) is 0 Å². The number of ether oxygens (including phenoxy) is 1. The van der Waals surface area contributed by atoms with Crippen LogP contribution in [0.4, 0.5) is 4.39 Å². The van der Waals surface area contributed by atoms with Crippen LogP contribution in [-0.2, 0) is 4.74 Å². The van der Waals surface area contributed by atoms with Gasteiger partial charge >= 0.3 is 0 Å². The summed E-state index contributed by atoms with van der Waals surface area (Å²) in [6.45, 7) is 3.53. The van der Waals surface area contributed by atoms with Crippen LogP contribution in [0.3, 0.4) is 0 Å². The van der Waals surface area contributed by atoms with E-state index in [1.54, 1.807) is 0 Å². The highest BCUT2D eigenvalue weighted by Crippen LogP contribution is 2.13. The molecule has 0 atom stereocenters. The number of amides is 1. The molecule has 6 heteroatoms. The summed E-state index contributed by atoms with van der Waals surface area (Å²) in [5.74, 6) is -1.05. The second-order valence-electron chi connectivity index (χ2n) is 3.71. The van der Waals surface area contributed by atoms with Gasteiger partial charge in [-0.05, 0) is 12.5 Å². The lowest BCUT2D eigenvalue weighted by Crippen LogP contribution is -2.27. The zero-order chi connectivity index (χ0) is 13.4. The summed E-state index contributed by atoms with van der Waals surface area (Å²) in [6, 6.07) is 1.06. The standard InChI is InChI=1S/C12H16ClFN2O2/c1-2-3-5-18-6-4-15-12(17)10-7-9(14)8-16-11(10)13/h7-8H,2-6H2,1H3,(H,15,17). The van der Waals surface area contributed by atoms with Crippen LogP contribution in [0.25, 0.3) is 0 Å². The van der Waals surface area contributed by atoms with Crippen molar-refractivity contribution in [2.45, 2.75) is 19.8 Å². The molecule has 1 amide bonds. The lowest BCUT2D eigenvalue weighted by Gasteiger charge is -2.07. The van der Waals surface area contributed by atoms with Crippen LogP contribution < -0.4 is 5.32 Å². The predicted molar refractivity (Wildman–Crippen MR) is 67.3 cm³/mol. The molecular formula is C12H16ClFN2O2. The number of hydrogen-bond donors (Lipinski definition) is 1. The molecular weight excluding hydrogens is 259 g/mol. The summed E-state index contributed by atoms with van der Waals surface area (Å²) in [6.07, 6.45) is 3.03. The van der Waals surface area contributed by atoms with Gasteiger partial charge in [0.15, 0.2) is 0 Å². The second kappa shape index (κ2) is 8.00. The Bertz CT molecular complexity index is 402. The monoisotopic (exact) mass is 274 g/mol. The first-order chi connectivity index (χ1) is 8.65. The van der Waals surface area contributed by atoms with Gasteiger partial charge in [0.1, 0.15) is 11.0 Å². The minimum absolute atomic E-state index is 0.0131. The minimum Gasteiger partial charge on any atom is -0.380 e. The lowest BCUT2D eigenvalue weighted by atomic mass is 10.2. The van der Waals surface area contributed by atoms with Crippen molar-refractivity contribution in [3.05, 3.63) is 28.8 Å². The van der Waals surface area contributed by atoms with Gasteiger partial charge in [0.2, 0.25) is 0 Å². The zero-order valence-corrected chi connectivity index (χ0v) is 11.0. The van der Waals surface area contributed by atoms with Crippen LogP contribution in [-0.4, -0.2) is 30.6 Å². The maximum absolute atomic E-state index is 12.9. The summed E-state index contributed by atoms with van der Waals surface area (Å²) in [5, 5.41) is 2.58. The maximum atomic E-state index is 12.9. The van der Waals surface area contributed by atoms with E-state index >= 15 is 0 Å². The zero-order valence-electron chi connectivity index (χ0n) is 10.2. The van der Waals surface area contributed by atoms with Crippen molar-refractivity contribution < 1.29 is 13.9 Å². The van der Waals surface area contributed by atoms with E-state index in [2.05, 4.69) is 17.2 Å². The number of carbonyl (C=O) groups is 1. The maximum Gasteiger partial charge on any atom is 0.254 e. The van der Waals surface area contributed by atoms with Gasteiger partial charge in [-0.25, -0.2) is 9.37 Å². The van der Waals surface area contributed by atoms with Crippen LogP contribution in [0.2, 0.25) is 5.15 Å². The molecule has 0 unspecified atom stereocenters. The molecule has 0 spiro atoms. The van der Waals surface area contributed by atoms with E-state index in [-0.39, 0.29) is 10.7 Å². The molecule has 0 bridgehead atoms. The number of aromatic nitrogens is 1. The van der Waals surface area contributed by atoms with Crippen molar-refractivity contribution in [1.29, 1.82) is 0 Å². The normalized spacial score (nSPS) is 10.4. The SMILES string of the molecule is CCCCOCCNC(=O)c1cc(F)cnc1Cl. The minimum atomic E-state index is -0.594. The molecule has 0 aliphatic heterocycles. The Morgan fingerprint density at radius 1 is 1.56 bits per heavy atom. The van der Waals surface area contributed by atoms with Gasteiger partial charge in [-0.1, -0.05) is 24.9 Å². The summed E-state index contributed by atoms with van der Waals surface area (Å²) in [7, 11) is 0. The number of carbonyl (C=O) groups excluding carboxylic acids is 1. The number of unbranched alkanes of at least 4 members (excludes halogenated alkanes) is 1. The van der Waals surface area contributed by atoms with E-state index in [0.717, 1.165) is 25.1 Å². The number of pyridine rings is 1. The summed E-state index contributed by atoms with van der Waals surface area (Å²) in [4.78, 5) is 15.2. The van der Waals surface area contributed by atoms with Crippen molar-refractivity contribution in [2.75, 3.05) is 19.8 Å². The molecule has 0 fully saturated rings. The Morgan fingerprint density at radius 3 is 3.06 bits per heavy atom. The van der Waals surface area contributed by atoms with Gasteiger partial charge in [0, 0.05) is 13.2 Å². The van der Waals surface area contributed by atoms with Gasteiger partial charge in [-0.2, -0.15) is 0 Å². The highest BCUT2D eigenvalue weighted by Gasteiger charge is 2.11. The van der Waals surface area contributed by atoms with Crippen molar-refractivity contribution in [3.8, 4) is 0 Å². The number of rotatable bonds is 7. The van der Waals surface area contributed by atoms with Crippen LogP contribution in [0.1, 0.15) is 30.1 Å². The quantitative estimate of drug-likeness (QED) is 0.614. The molecule has 0 aliphatic carbocycles. The number of nitrogens with one attached hydrogen (secondary N) is 1. The molecule has 0 aliphatic rings. The average molecular weight is 275 g/mol. The van der Waals surface area contributed by atoms with E-state index in [9.17, 15) is 9.18 Å². The first-order valence-corrected chi connectivity index (χ1v) is 6.20. The van der Waals surface area contributed by atoms with Crippen molar-refractivity contribution in [1.82, 2.24) is 10.3 Å². The molecule has 0 radical (unpaired) electrons. The fourth-order valence-electron chi connectivity index (χ4n) is 1.26. The molecule has 1 rings (SSSR count). The molecule has 1 N–H and O–H groups in total. The second-order valence-corrected chi connectivity index (χ2v) is 4.07. The fourth-order valence-corrected chi connectivity index (χ4v) is 1.45. The molecule has 0 aromatic carbocycles. The fraction of sp³-hybridized carbons (Fsp3) is 0.500. The number of nitrogens with zero attached hydrogens (tertiary/aromatic N) is 1. The van der Waals surface area contributed by atoms with Gasteiger partial charge in [0.05, 0.1) is 18.4 Å². The molecule has 1 aromatic heterocycles. The van der Waals surface area contributed by atoms with Crippen LogP contribution >= 0.6 is 11.6 Å². The van der Waals surface area contributed by atoms with Crippen LogP contribution in [0.5, 0.6) is 0 Å². The summed E-state index contributed by atoms with van der Waals surface area (Å²) < 4.78 is 18.2. The first kappa shape index (κ1) is 14.9. The molecule has 0 saturated heterocycles. The predicted octanol–water partition coefficient (Wildman–Crippen LogP) is 2.42. The molecule has 1 heterocycles. The third-order valence-corrected chi connectivity index (χ3v) is 2.53. The largest absolute Gasteiger partial charge is 0.380 e.